The molecule has 0 unspecified atom stereocenters. The molecular weight excluding hydrogens is 178 g/mol. The van der Waals surface area contributed by atoms with Gasteiger partial charge in [0.15, 0.2) is 11.5 Å². The maximum absolute atomic E-state index is 5.83. The van der Waals surface area contributed by atoms with Crippen molar-refractivity contribution in [2.45, 2.75) is 18.4 Å². The van der Waals surface area contributed by atoms with Crippen molar-refractivity contribution >= 4 is 0 Å². The molecule has 14 heavy (non-hydrogen) atoms. The lowest BCUT2D eigenvalue weighted by Crippen LogP contribution is -2.28. The van der Waals surface area contributed by atoms with Crippen LogP contribution in [0.25, 0.3) is 0 Å². The maximum atomic E-state index is 5.83. The van der Waals surface area contributed by atoms with E-state index >= 15 is 0 Å². The molecule has 0 spiro atoms. The Morgan fingerprint density at radius 1 is 1.29 bits per heavy atom. The minimum atomic E-state index is -0.116. The van der Waals surface area contributed by atoms with Crippen LogP contribution in [0, 0.1) is 0 Å². The van der Waals surface area contributed by atoms with E-state index in [2.05, 4.69) is 0 Å². The summed E-state index contributed by atoms with van der Waals surface area (Å²) in [5, 5.41) is 0. The first-order valence-electron chi connectivity index (χ1n) is 4.82. The highest BCUT2D eigenvalue weighted by Crippen LogP contribution is 2.41. The Morgan fingerprint density at radius 2 is 1.93 bits per heavy atom. The molecule has 0 aromatic heterocycles. The summed E-state index contributed by atoms with van der Waals surface area (Å²) in [5.74, 6) is 1.56. The molecular formula is C11H15NO2. The van der Waals surface area contributed by atoms with Crippen molar-refractivity contribution < 1.29 is 9.47 Å². The summed E-state index contributed by atoms with van der Waals surface area (Å²) < 4.78 is 11.0. The fourth-order valence-electron chi connectivity index (χ4n) is 1.42. The second kappa shape index (κ2) is 3.50. The van der Waals surface area contributed by atoms with Crippen LogP contribution in [0.1, 0.15) is 12.8 Å². The Balaban J connectivity index is 2.16. The molecule has 1 aromatic carbocycles. The van der Waals surface area contributed by atoms with Crippen molar-refractivity contribution in [3.63, 3.8) is 0 Å². The van der Waals surface area contributed by atoms with Gasteiger partial charge >= 0.3 is 0 Å². The van der Waals surface area contributed by atoms with Crippen molar-refractivity contribution in [3.05, 3.63) is 24.3 Å². The first-order valence-corrected chi connectivity index (χ1v) is 4.82. The van der Waals surface area contributed by atoms with Crippen molar-refractivity contribution in [2.24, 2.45) is 5.73 Å². The first kappa shape index (κ1) is 9.34. The van der Waals surface area contributed by atoms with Gasteiger partial charge < -0.3 is 15.2 Å². The monoisotopic (exact) mass is 193 g/mol. The molecule has 3 heteroatoms. The molecule has 1 saturated carbocycles. The molecule has 1 fully saturated rings. The second-order valence-corrected chi connectivity index (χ2v) is 3.64. The van der Waals surface area contributed by atoms with Gasteiger partial charge in [-0.25, -0.2) is 0 Å². The molecule has 1 aliphatic rings. The largest absolute Gasteiger partial charge is 0.493 e. The average Bonchev–Trinajstić information content (AvgIpc) is 2.99. The molecule has 0 aliphatic heterocycles. The van der Waals surface area contributed by atoms with E-state index < -0.39 is 0 Å². The first-order chi connectivity index (χ1) is 6.79. The van der Waals surface area contributed by atoms with Crippen LogP contribution in [-0.2, 0) is 0 Å². The topological polar surface area (TPSA) is 44.5 Å². The standard InChI is InChI=1S/C11H15NO2/c1-13-9-4-2-3-5-10(9)14-11(8-12)6-7-11/h2-5H,6-8,12H2,1H3. The predicted molar refractivity (Wildman–Crippen MR) is 54.6 cm³/mol. The van der Waals surface area contributed by atoms with Gasteiger partial charge in [-0.15, -0.1) is 0 Å². The van der Waals surface area contributed by atoms with Gasteiger partial charge in [0, 0.05) is 6.54 Å². The number of rotatable bonds is 4. The molecule has 2 rings (SSSR count). The Labute approximate surface area is 83.8 Å². The summed E-state index contributed by atoms with van der Waals surface area (Å²) in [7, 11) is 1.64. The van der Waals surface area contributed by atoms with Crippen molar-refractivity contribution in [1.82, 2.24) is 0 Å². The van der Waals surface area contributed by atoms with Gasteiger partial charge in [-0.2, -0.15) is 0 Å². The average molecular weight is 193 g/mol. The van der Waals surface area contributed by atoms with Crippen molar-refractivity contribution in [2.75, 3.05) is 13.7 Å². The highest BCUT2D eigenvalue weighted by atomic mass is 16.5. The van der Waals surface area contributed by atoms with Crippen LogP contribution < -0.4 is 15.2 Å². The molecule has 0 amide bonds. The van der Waals surface area contributed by atoms with Crippen LogP contribution in [0.3, 0.4) is 0 Å². The number of methoxy groups -OCH3 is 1. The number of para-hydroxylation sites is 2. The number of ether oxygens (including phenoxy) is 2. The number of benzene rings is 1. The quantitative estimate of drug-likeness (QED) is 0.789. The summed E-state index contributed by atoms with van der Waals surface area (Å²) in [5.41, 5.74) is 5.53. The Kier molecular flexibility index (Phi) is 2.33. The van der Waals surface area contributed by atoms with Crippen LogP contribution in [0.15, 0.2) is 24.3 Å². The van der Waals surface area contributed by atoms with Gasteiger partial charge in [0.1, 0.15) is 5.60 Å². The van der Waals surface area contributed by atoms with E-state index in [0.717, 1.165) is 24.3 Å². The lowest BCUT2D eigenvalue weighted by atomic mass is 10.3. The summed E-state index contributed by atoms with van der Waals surface area (Å²) >= 11 is 0. The summed E-state index contributed by atoms with van der Waals surface area (Å²) in [4.78, 5) is 0. The highest BCUT2D eigenvalue weighted by Gasteiger charge is 2.44. The maximum Gasteiger partial charge on any atom is 0.162 e. The molecule has 2 N–H and O–H groups in total. The van der Waals surface area contributed by atoms with Gasteiger partial charge in [0.25, 0.3) is 0 Å². The number of hydrogen-bond acceptors (Lipinski definition) is 3. The zero-order chi connectivity index (χ0) is 10.0. The van der Waals surface area contributed by atoms with E-state index in [4.69, 9.17) is 15.2 Å². The van der Waals surface area contributed by atoms with Gasteiger partial charge in [-0.3, -0.25) is 0 Å². The number of hydrogen-bond donors (Lipinski definition) is 1. The lowest BCUT2D eigenvalue weighted by molar-refractivity contribution is 0.179. The predicted octanol–water partition coefficient (Wildman–Crippen LogP) is 1.57. The van der Waals surface area contributed by atoms with E-state index in [-0.39, 0.29) is 5.60 Å². The van der Waals surface area contributed by atoms with Crippen LogP contribution in [-0.4, -0.2) is 19.3 Å². The normalized spacial score (nSPS) is 17.6. The third-order valence-electron chi connectivity index (χ3n) is 2.58. The Morgan fingerprint density at radius 3 is 2.43 bits per heavy atom. The van der Waals surface area contributed by atoms with E-state index in [0.29, 0.717) is 6.54 Å². The van der Waals surface area contributed by atoms with Gasteiger partial charge in [0.2, 0.25) is 0 Å². The molecule has 0 saturated heterocycles. The molecule has 76 valence electrons. The molecule has 0 heterocycles. The van der Waals surface area contributed by atoms with E-state index in [1.807, 2.05) is 24.3 Å². The van der Waals surface area contributed by atoms with Gasteiger partial charge in [-0.1, -0.05) is 12.1 Å². The smallest absolute Gasteiger partial charge is 0.162 e. The molecule has 3 nitrogen and oxygen atoms in total. The van der Waals surface area contributed by atoms with Gasteiger partial charge in [-0.05, 0) is 25.0 Å². The van der Waals surface area contributed by atoms with Gasteiger partial charge in [0.05, 0.1) is 7.11 Å². The second-order valence-electron chi connectivity index (χ2n) is 3.64. The van der Waals surface area contributed by atoms with Crippen molar-refractivity contribution in [1.29, 1.82) is 0 Å². The number of nitrogens with two attached hydrogens (primary N) is 1. The van der Waals surface area contributed by atoms with Crippen molar-refractivity contribution in [3.8, 4) is 11.5 Å². The molecule has 0 atom stereocenters. The molecule has 0 bridgehead atoms. The minimum Gasteiger partial charge on any atom is -0.493 e. The van der Waals surface area contributed by atoms with E-state index in [1.165, 1.54) is 0 Å². The third kappa shape index (κ3) is 1.68. The summed E-state index contributed by atoms with van der Waals surface area (Å²) in [6, 6.07) is 7.66. The van der Waals surface area contributed by atoms with E-state index in [9.17, 15) is 0 Å². The Hall–Kier alpha value is -1.22. The van der Waals surface area contributed by atoms with E-state index in [1.54, 1.807) is 7.11 Å². The highest BCUT2D eigenvalue weighted by molar-refractivity contribution is 5.40. The third-order valence-corrected chi connectivity index (χ3v) is 2.58. The Bertz CT molecular complexity index is 321. The minimum absolute atomic E-state index is 0.116. The van der Waals surface area contributed by atoms with Crippen LogP contribution in [0.4, 0.5) is 0 Å². The SMILES string of the molecule is COc1ccccc1OC1(CN)CC1. The fraction of sp³-hybridized carbons (Fsp3) is 0.455. The summed E-state index contributed by atoms with van der Waals surface area (Å²) in [6.07, 6.45) is 2.09. The molecule has 1 aliphatic carbocycles. The molecule has 0 radical (unpaired) electrons. The van der Waals surface area contributed by atoms with Crippen LogP contribution in [0.2, 0.25) is 0 Å². The lowest BCUT2D eigenvalue weighted by Gasteiger charge is -2.17. The summed E-state index contributed by atoms with van der Waals surface area (Å²) in [6.45, 7) is 0.574. The molecule has 1 aromatic rings. The van der Waals surface area contributed by atoms with Crippen LogP contribution in [0.5, 0.6) is 11.5 Å². The zero-order valence-corrected chi connectivity index (χ0v) is 8.32. The zero-order valence-electron chi connectivity index (χ0n) is 8.32. The fourth-order valence-corrected chi connectivity index (χ4v) is 1.42. The van der Waals surface area contributed by atoms with Crippen LogP contribution >= 0.6 is 0 Å².